The van der Waals surface area contributed by atoms with E-state index in [-0.39, 0.29) is 41.4 Å². The van der Waals surface area contributed by atoms with Crippen molar-refractivity contribution >= 4 is 17.8 Å². The second-order valence-corrected chi connectivity index (χ2v) is 6.36. The molecule has 3 aliphatic rings. The molecule has 6 heteroatoms. The fourth-order valence-corrected chi connectivity index (χ4v) is 4.18. The van der Waals surface area contributed by atoms with Gasteiger partial charge in [0.15, 0.2) is 5.82 Å². The molecule has 2 aromatic rings. The van der Waals surface area contributed by atoms with Gasteiger partial charge in [0.05, 0.1) is 11.8 Å². The van der Waals surface area contributed by atoms with Crippen molar-refractivity contribution in [1.29, 1.82) is 0 Å². The third-order valence-corrected chi connectivity index (χ3v) is 5.19. The maximum absolute atomic E-state index is 12.7. The summed E-state index contributed by atoms with van der Waals surface area (Å²) in [5, 5.41) is 6.92. The average Bonchev–Trinajstić information content (AvgIpc) is 3.33. The number of carbonyl (C=O) groups is 2. The first-order chi connectivity index (χ1) is 11.2. The lowest BCUT2D eigenvalue weighted by Crippen LogP contribution is -2.33. The summed E-state index contributed by atoms with van der Waals surface area (Å²) in [4.78, 5) is 31.0. The highest BCUT2D eigenvalue weighted by molar-refractivity contribution is 6.21. The first-order valence-electron chi connectivity index (χ1n) is 7.78. The van der Waals surface area contributed by atoms with Crippen LogP contribution >= 0.6 is 0 Å². The molecule has 4 atom stereocenters. The third kappa shape index (κ3) is 1.63. The van der Waals surface area contributed by atoms with Gasteiger partial charge in [-0.25, -0.2) is 4.90 Å². The van der Waals surface area contributed by atoms with Crippen LogP contribution in [0.25, 0.3) is 11.4 Å². The van der Waals surface area contributed by atoms with Gasteiger partial charge in [0.1, 0.15) is 0 Å². The maximum atomic E-state index is 12.7. The zero-order valence-electron chi connectivity index (χ0n) is 12.2. The number of fused-ring (bicyclic) bond motifs is 5. The van der Waals surface area contributed by atoms with Crippen LogP contribution in [-0.4, -0.2) is 27.0 Å². The van der Waals surface area contributed by atoms with Gasteiger partial charge < -0.3 is 0 Å². The SMILES string of the molecule is O=C1[C@@H]2[C@H](C(=O)N1c1n[nH]c(-c3ccccc3)n1)[C@@H]1C=C[C@H]2C1. The minimum absolute atomic E-state index is 0.157. The lowest BCUT2D eigenvalue weighted by Gasteiger charge is -2.14. The van der Waals surface area contributed by atoms with Gasteiger partial charge in [-0.15, -0.1) is 5.10 Å². The smallest absolute Gasteiger partial charge is 0.258 e. The number of H-pyrrole nitrogens is 1. The highest BCUT2D eigenvalue weighted by Gasteiger charge is 2.60. The predicted octanol–water partition coefficient (Wildman–Crippen LogP) is 1.78. The number of hydrogen-bond donors (Lipinski definition) is 1. The van der Waals surface area contributed by atoms with E-state index < -0.39 is 0 Å². The van der Waals surface area contributed by atoms with E-state index in [2.05, 4.69) is 27.3 Å². The largest absolute Gasteiger partial charge is 0.274 e. The van der Waals surface area contributed by atoms with Gasteiger partial charge in [0.25, 0.3) is 5.95 Å². The molecule has 0 spiro atoms. The Morgan fingerprint density at radius 3 is 2.30 bits per heavy atom. The second-order valence-electron chi connectivity index (χ2n) is 6.36. The van der Waals surface area contributed by atoms with Crippen molar-refractivity contribution in [2.45, 2.75) is 6.42 Å². The van der Waals surface area contributed by atoms with Gasteiger partial charge in [-0.05, 0) is 18.3 Å². The predicted molar refractivity (Wildman–Crippen MR) is 82.0 cm³/mol. The Morgan fingerprint density at radius 2 is 1.65 bits per heavy atom. The van der Waals surface area contributed by atoms with Crippen LogP contribution in [-0.2, 0) is 9.59 Å². The zero-order valence-corrected chi connectivity index (χ0v) is 12.2. The Morgan fingerprint density at radius 1 is 1.00 bits per heavy atom. The monoisotopic (exact) mass is 306 g/mol. The molecule has 2 fully saturated rings. The van der Waals surface area contributed by atoms with Crippen molar-refractivity contribution in [3.8, 4) is 11.4 Å². The number of benzene rings is 1. The molecule has 2 heterocycles. The van der Waals surface area contributed by atoms with Crippen LogP contribution in [0.2, 0.25) is 0 Å². The molecule has 1 saturated carbocycles. The van der Waals surface area contributed by atoms with Crippen molar-refractivity contribution < 1.29 is 9.59 Å². The fourth-order valence-electron chi connectivity index (χ4n) is 4.18. The van der Waals surface area contributed by atoms with E-state index in [0.29, 0.717) is 5.82 Å². The molecule has 1 aromatic carbocycles. The number of hydrogen-bond acceptors (Lipinski definition) is 4. The van der Waals surface area contributed by atoms with Gasteiger partial charge in [0.2, 0.25) is 11.8 Å². The van der Waals surface area contributed by atoms with Crippen molar-refractivity contribution in [1.82, 2.24) is 15.2 Å². The van der Waals surface area contributed by atoms with Gasteiger partial charge in [-0.2, -0.15) is 4.98 Å². The highest BCUT2D eigenvalue weighted by Crippen LogP contribution is 2.52. The normalized spacial score (nSPS) is 31.2. The number of allylic oxidation sites excluding steroid dienone is 2. The van der Waals surface area contributed by atoms with E-state index in [4.69, 9.17) is 0 Å². The molecule has 6 nitrogen and oxygen atoms in total. The lowest BCUT2D eigenvalue weighted by molar-refractivity contribution is -0.123. The minimum atomic E-state index is -0.226. The molecule has 0 radical (unpaired) electrons. The van der Waals surface area contributed by atoms with E-state index in [1.54, 1.807) is 0 Å². The molecule has 23 heavy (non-hydrogen) atoms. The summed E-state index contributed by atoms with van der Waals surface area (Å²) < 4.78 is 0. The summed E-state index contributed by atoms with van der Waals surface area (Å²) >= 11 is 0. The van der Waals surface area contributed by atoms with Crippen LogP contribution in [0.3, 0.4) is 0 Å². The van der Waals surface area contributed by atoms with Gasteiger partial charge in [-0.3, -0.25) is 14.7 Å². The first kappa shape index (κ1) is 12.8. The topological polar surface area (TPSA) is 79.0 Å². The van der Waals surface area contributed by atoms with Crippen LogP contribution in [0.15, 0.2) is 42.5 Å². The molecule has 1 N–H and O–H groups in total. The number of amides is 2. The molecule has 1 aromatic heterocycles. The zero-order chi connectivity index (χ0) is 15.6. The molecule has 0 unspecified atom stereocenters. The maximum Gasteiger partial charge on any atom is 0.258 e. The Hall–Kier alpha value is -2.76. The Labute approximate surface area is 132 Å². The van der Waals surface area contributed by atoms with Crippen LogP contribution < -0.4 is 4.90 Å². The number of anilines is 1. The Bertz CT molecular complexity index is 811. The van der Waals surface area contributed by atoms with Crippen molar-refractivity contribution in [2.75, 3.05) is 4.90 Å². The molecular formula is C17H14N4O2. The number of nitrogens with one attached hydrogen (secondary N) is 1. The standard InChI is InChI=1S/C17H14N4O2/c22-15-12-10-6-7-11(8-10)13(12)16(23)21(15)17-18-14(19-20-17)9-4-2-1-3-5-9/h1-7,10-13H,8H2,(H,18,19,20)/t10-,11+,12-,13+. The lowest BCUT2D eigenvalue weighted by atomic mass is 9.85. The number of nitrogens with zero attached hydrogens (tertiary/aromatic N) is 3. The van der Waals surface area contributed by atoms with Crippen molar-refractivity contribution in [2.24, 2.45) is 23.7 Å². The molecule has 1 aliphatic heterocycles. The molecule has 1 saturated heterocycles. The third-order valence-electron chi connectivity index (χ3n) is 5.19. The van der Waals surface area contributed by atoms with E-state index in [1.807, 2.05) is 30.3 Å². The summed E-state index contributed by atoms with van der Waals surface area (Å²) in [6.45, 7) is 0. The number of aromatic amines is 1. The van der Waals surface area contributed by atoms with Crippen LogP contribution in [0, 0.1) is 23.7 Å². The first-order valence-corrected chi connectivity index (χ1v) is 7.78. The number of imide groups is 1. The van der Waals surface area contributed by atoms with E-state index in [1.165, 1.54) is 4.90 Å². The summed E-state index contributed by atoms with van der Waals surface area (Å²) in [7, 11) is 0. The Kier molecular flexibility index (Phi) is 2.43. The summed E-state index contributed by atoms with van der Waals surface area (Å²) in [6, 6.07) is 9.51. The fraction of sp³-hybridized carbons (Fsp3) is 0.294. The molecule has 114 valence electrons. The molecule has 5 rings (SSSR count). The van der Waals surface area contributed by atoms with Crippen LogP contribution in [0.1, 0.15) is 6.42 Å². The number of rotatable bonds is 2. The number of carbonyl (C=O) groups excluding carboxylic acids is 2. The molecule has 2 aliphatic carbocycles. The summed E-state index contributed by atoms with van der Waals surface area (Å²) in [5.41, 5.74) is 0.868. The van der Waals surface area contributed by atoms with Gasteiger partial charge in [-0.1, -0.05) is 42.5 Å². The van der Waals surface area contributed by atoms with E-state index in [9.17, 15) is 9.59 Å². The van der Waals surface area contributed by atoms with Gasteiger partial charge >= 0.3 is 0 Å². The van der Waals surface area contributed by atoms with E-state index >= 15 is 0 Å². The average molecular weight is 306 g/mol. The van der Waals surface area contributed by atoms with Crippen LogP contribution in [0.4, 0.5) is 5.95 Å². The summed E-state index contributed by atoms with van der Waals surface area (Å²) in [5.74, 6) is 0.336. The number of aromatic nitrogens is 3. The molecule has 2 amide bonds. The molecular weight excluding hydrogens is 292 g/mol. The van der Waals surface area contributed by atoms with Crippen LogP contribution in [0.5, 0.6) is 0 Å². The van der Waals surface area contributed by atoms with Crippen molar-refractivity contribution in [3.05, 3.63) is 42.5 Å². The molecule has 2 bridgehead atoms. The minimum Gasteiger partial charge on any atom is -0.274 e. The second kappa shape index (κ2) is 4.38. The Balaban J connectivity index is 1.51. The quantitative estimate of drug-likeness (QED) is 0.677. The van der Waals surface area contributed by atoms with Crippen molar-refractivity contribution in [3.63, 3.8) is 0 Å². The highest BCUT2D eigenvalue weighted by atomic mass is 16.2. The summed E-state index contributed by atoms with van der Waals surface area (Å²) in [6.07, 6.45) is 5.08. The van der Waals surface area contributed by atoms with Gasteiger partial charge in [0, 0.05) is 5.56 Å². The van der Waals surface area contributed by atoms with E-state index in [0.717, 1.165) is 12.0 Å².